The number of hydrogen-bond acceptors (Lipinski definition) is 5. The molecule has 128 valence electrons. The Hall–Kier alpha value is -2.86. The first-order valence-electron chi connectivity index (χ1n) is 7.75. The summed E-state index contributed by atoms with van der Waals surface area (Å²) in [5.41, 5.74) is 1.16. The number of amides is 1. The average molecular weight is 354 g/mol. The van der Waals surface area contributed by atoms with Crippen LogP contribution in [0.25, 0.3) is 6.08 Å². The number of ether oxygens (including phenoxy) is 1. The lowest BCUT2D eigenvalue weighted by Crippen LogP contribution is -2.06. The molecule has 0 aliphatic heterocycles. The summed E-state index contributed by atoms with van der Waals surface area (Å²) in [6.45, 7) is 1.86. The molecular formula is C19H18N2O3S. The van der Waals surface area contributed by atoms with Crippen LogP contribution in [0.2, 0.25) is 0 Å². The van der Waals surface area contributed by atoms with Crippen molar-refractivity contribution in [2.75, 3.05) is 12.4 Å². The van der Waals surface area contributed by atoms with Crippen LogP contribution in [0.1, 0.15) is 22.0 Å². The van der Waals surface area contributed by atoms with E-state index in [1.54, 1.807) is 19.4 Å². The van der Waals surface area contributed by atoms with Gasteiger partial charge in [-0.05, 0) is 42.8 Å². The van der Waals surface area contributed by atoms with E-state index < -0.39 is 0 Å². The number of aryl methyl sites for hydroxylation is 1. The molecule has 0 atom stereocenters. The van der Waals surface area contributed by atoms with E-state index in [4.69, 9.17) is 9.15 Å². The summed E-state index contributed by atoms with van der Waals surface area (Å²) >= 11 is 1.46. The first-order chi connectivity index (χ1) is 12.1. The molecule has 0 aliphatic carbocycles. The predicted octanol–water partition coefficient (Wildman–Crippen LogP) is 4.30. The quantitative estimate of drug-likeness (QED) is 0.671. The molecular weight excluding hydrogens is 336 g/mol. The number of furan rings is 1. The molecule has 2 heterocycles. The highest BCUT2D eigenvalue weighted by Gasteiger charge is 2.06. The normalized spacial score (nSPS) is 11.0. The van der Waals surface area contributed by atoms with Crippen molar-refractivity contribution >= 4 is 28.5 Å². The molecule has 25 heavy (non-hydrogen) atoms. The van der Waals surface area contributed by atoms with Crippen molar-refractivity contribution in [2.45, 2.75) is 13.3 Å². The SMILES string of the molecule is COc1ccc(Cc2cnc(NC(=O)C=Cc3ccc(C)o3)s2)cc1. The monoisotopic (exact) mass is 354 g/mol. The van der Waals surface area contributed by atoms with Crippen molar-refractivity contribution in [3.63, 3.8) is 0 Å². The minimum absolute atomic E-state index is 0.237. The molecule has 1 amide bonds. The maximum Gasteiger partial charge on any atom is 0.250 e. The second-order valence-corrected chi connectivity index (χ2v) is 6.54. The third kappa shape index (κ3) is 4.81. The number of nitrogens with zero attached hydrogens (tertiary/aromatic N) is 1. The van der Waals surface area contributed by atoms with Gasteiger partial charge in [-0.15, -0.1) is 11.3 Å². The molecule has 3 rings (SSSR count). The third-order valence-electron chi connectivity index (χ3n) is 3.48. The van der Waals surface area contributed by atoms with Crippen molar-refractivity contribution in [2.24, 2.45) is 0 Å². The van der Waals surface area contributed by atoms with E-state index in [0.29, 0.717) is 10.9 Å². The fourth-order valence-corrected chi connectivity index (χ4v) is 3.09. The zero-order chi connectivity index (χ0) is 17.6. The highest BCUT2D eigenvalue weighted by molar-refractivity contribution is 7.15. The zero-order valence-corrected chi connectivity index (χ0v) is 14.8. The molecule has 0 aliphatic rings. The fraction of sp³-hybridized carbons (Fsp3) is 0.158. The number of aromatic nitrogens is 1. The molecule has 0 radical (unpaired) electrons. The fourth-order valence-electron chi connectivity index (χ4n) is 2.24. The van der Waals surface area contributed by atoms with Gasteiger partial charge in [-0.2, -0.15) is 0 Å². The molecule has 2 aromatic heterocycles. The molecule has 0 saturated carbocycles. The zero-order valence-electron chi connectivity index (χ0n) is 14.0. The molecule has 0 bridgehead atoms. The predicted molar refractivity (Wildman–Crippen MR) is 99.0 cm³/mol. The van der Waals surface area contributed by atoms with Crippen LogP contribution >= 0.6 is 11.3 Å². The summed E-state index contributed by atoms with van der Waals surface area (Å²) in [7, 11) is 1.65. The first-order valence-corrected chi connectivity index (χ1v) is 8.57. The van der Waals surface area contributed by atoms with Gasteiger partial charge >= 0.3 is 0 Å². The lowest BCUT2D eigenvalue weighted by atomic mass is 10.1. The third-order valence-corrected chi connectivity index (χ3v) is 4.39. The van der Waals surface area contributed by atoms with Gasteiger partial charge in [0.1, 0.15) is 17.3 Å². The van der Waals surface area contributed by atoms with Gasteiger partial charge in [0.15, 0.2) is 5.13 Å². The molecule has 0 spiro atoms. The summed E-state index contributed by atoms with van der Waals surface area (Å²) in [5.74, 6) is 2.05. The van der Waals surface area contributed by atoms with E-state index in [-0.39, 0.29) is 5.91 Å². The van der Waals surface area contributed by atoms with Gasteiger partial charge in [0, 0.05) is 23.6 Å². The van der Waals surface area contributed by atoms with Crippen LogP contribution in [0, 0.1) is 6.92 Å². The Balaban J connectivity index is 1.57. The van der Waals surface area contributed by atoms with Crippen molar-refractivity contribution in [1.29, 1.82) is 0 Å². The highest BCUT2D eigenvalue weighted by atomic mass is 32.1. The lowest BCUT2D eigenvalue weighted by Gasteiger charge is -2.01. The number of thiazole rings is 1. The maximum atomic E-state index is 11.9. The number of nitrogens with one attached hydrogen (secondary N) is 1. The Kier molecular flexibility index (Phi) is 5.30. The van der Waals surface area contributed by atoms with Crippen LogP contribution < -0.4 is 10.1 Å². The molecule has 0 fully saturated rings. The van der Waals surface area contributed by atoms with Gasteiger partial charge in [0.2, 0.25) is 5.91 Å². The van der Waals surface area contributed by atoms with Crippen molar-refractivity contribution < 1.29 is 13.9 Å². The van der Waals surface area contributed by atoms with Crippen LogP contribution in [0.5, 0.6) is 5.75 Å². The molecule has 1 aromatic carbocycles. The second-order valence-electron chi connectivity index (χ2n) is 5.43. The number of anilines is 1. The van der Waals surface area contributed by atoms with Gasteiger partial charge < -0.3 is 9.15 Å². The Morgan fingerprint density at radius 1 is 1.28 bits per heavy atom. The van der Waals surface area contributed by atoms with Crippen LogP contribution in [0.3, 0.4) is 0 Å². The van der Waals surface area contributed by atoms with Crippen molar-refractivity contribution in [3.8, 4) is 5.75 Å². The summed E-state index contributed by atoms with van der Waals surface area (Å²) in [4.78, 5) is 17.3. The molecule has 0 saturated heterocycles. The van der Waals surface area contributed by atoms with Gasteiger partial charge in [-0.1, -0.05) is 12.1 Å². The number of benzene rings is 1. The van der Waals surface area contributed by atoms with E-state index in [0.717, 1.165) is 28.4 Å². The number of carbonyl (C=O) groups excluding carboxylic acids is 1. The number of rotatable bonds is 6. The number of carbonyl (C=O) groups is 1. The van der Waals surface area contributed by atoms with Gasteiger partial charge in [0.25, 0.3) is 0 Å². The molecule has 3 aromatic rings. The van der Waals surface area contributed by atoms with E-state index in [2.05, 4.69) is 10.3 Å². The maximum absolute atomic E-state index is 11.9. The van der Waals surface area contributed by atoms with E-state index >= 15 is 0 Å². The summed E-state index contributed by atoms with van der Waals surface area (Å²) in [6, 6.07) is 11.6. The molecule has 0 unspecified atom stereocenters. The largest absolute Gasteiger partial charge is 0.497 e. The number of hydrogen-bond donors (Lipinski definition) is 1. The van der Waals surface area contributed by atoms with Crippen LogP contribution in [-0.4, -0.2) is 18.0 Å². The number of methoxy groups -OCH3 is 1. The van der Waals surface area contributed by atoms with E-state index in [9.17, 15) is 4.79 Å². The Bertz CT molecular complexity index is 878. The molecule has 1 N–H and O–H groups in total. The topological polar surface area (TPSA) is 64.4 Å². The molecule has 6 heteroatoms. The van der Waals surface area contributed by atoms with Crippen LogP contribution in [-0.2, 0) is 11.2 Å². The summed E-state index contributed by atoms with van der Waals surface area (Å²) in [5, 5.41) is 3.34. The standard InChI is InChI=1S/C19H18N2O3S/c1-13-3-6-16(24-13)9-10-18(22)21-19-20-12-17(25-19)11-14-4-7-15(23-2)8-5-14/h3-10,12H,11H2,1-2H3,(H,20,21,22). The Morgan fingerprint density at radius 3 is 2.76 bits per heavy atom. The van der Waals surface area contributed by atoms with Gasteiger partial charge in [0.05, 0.1) is 7.11 Å². The highest BCUT2D eigenvalue weighted by Crippen LogP contribution is 2.22. The first kappa shape index (κ1) is 17.0. The van der Waals surface area contributed by atoms with Gasteiger partial charge in [-0.3, -0.25) is 10.1 Å². The molecule has 5 nitrogen and oxygen atoms in total. The Morgan fingerprint density at radius 2 is 2.08 bits per heavy atom. The minimum atomic E-state index is -0.237. The minimum Gasteiger partial charge on any atom is -0.497 e. The lowest BCUT2D eigenvalue weighted by molar-refractivity contribution is -0.111. The van der Waals surface area contributed by atoms with E-state index in [1.807, 2.05) is 43.3 Å². The van der Waals surface area contributed by atoms with Crippen molar-refractivity contribution in [3.05, 3.63) is 70.6 Å². The van der Waals surface area contributed by atoms with E-state index in [1.165, 1.54) is 17.4 Å². The van der Waals surface area contributed by atoms with Crippen molar-refractivity contribution in [1.82, 2.24) is 4.98 Å². The second kappa shape index (κ2) is 7.81. The average Bonchev–Trinajstić information content (AvgIpc) is 3.22. The summed E-state index contributed by atoms with van der Waals surface area (Å²) < 4.78 is 10.5. The summed E-state index contributed by atoms with van der Waals surface area (Å²) in [6.07, 6.45) is 5.61. The Labute approximate surface area is 150 Å². The van der Waals surface area contributed by atoms with Gasteiger partial charge in [-0.25, -0.2) is 4.98 Å². The van der Waals surface area contributed by atoms with Crippen LogP contribution in [0.4, 0.5) is 5.13 Å². The smallest absolute Gasteiger partial charge is 0.250 e. The van der Waals surface area contributed by atoms with Crippen LogP contribution in [0.15, 0.2) is 53.1 Å².